The van der Waals surface area contributed by atoms with E-state index in [1.165, 1.54) is 0 Å². The van der Waals surface area contributed by atoms with Gasteiger partial charge in [-0.15, -0.1) is 0 Å². The normalized spacial score (nSPS) is 18.0. The summed E-state index contributed by atoms with van der Waals surface area (Å²) in [5, 5.41) is 3.18. The van der Waals surface area contributed by atoms with Crippen LogP contribution in [-0.2, 0) is 0 Å². The Morgan fingerprint density at radius 2 is 2.11 bits per heavy atom. The Kier molecular flexibility index (Phi) is 4.36. The molecule has 0 saturated carbocycles. The number of hydrogen-bond acceptors (Lipinski definition) is 5. The molecule has 0 aromatic carbocycles. The number of nitrogens with zero attached hydrogens (tertiary/aromatic N) is 3. The summed E-state index contributed by atoms with van der Waals surface area (Å²) in [5.41, 5.74) is 0. The summed E-state index contributed by atoms with van der Waals surface area (Å²) in [4.78, 5) is 10.9. The minimum Gasteiger partial charge on any atom is -0.474 e. The topological polar surface area (TPSA) is 50.3 Å². The molecule has 5 heteroatoms. The molecule has 2 heterocycles. The van der Waals surface area contributed by atoms with Crippen molar-refractivity contribution in [3.05, 3.63) is 12.3 Å². The molecule has 0 radical (unpaired) electrons. The first-order valence-electron chi connectivity index (χ1n) is 6.58. The lowest BCUT2D eigenvalue weighted by Gasteiger charge is -2.28. The number of anilines is 1. The van der Waals surface area contributed by atoms with Crippen LogP contribution in [0.15, 0.2) is 12.3 Å². The van der Waals surface area contributed by atoms with Crippen molar-refractivity contribution in [3.63, 3.8) is 0 Å². The molecular formula is C13H22N4O. The standard InChI is InChI=1S/C13H22N4O/c1-10(2)15-13-14-7-4-12(16-13)18-11-5-8-17(3)9-6-11/h4,7,10-11H,5-6,8-9H2,1-3H3,(H,14,15,16). The van der Waals surface area contributed by atoms with E-state index in [1.54, 1.807) is 6.20 Å². The van der Waals surface area contributed by atoms with Crippen LogP contribution in [0.25, 0.3) is 0 Å². The predicted octanol–water partition coefficient (Wildman–Crippen LogP) is 1.77. The molecule has 18 heavy (non-hydrogen) atoms. The van der Waals surface area contributed by atoms with Crippen molar-refractivity contribution in [2.24, 2.45) is 0 Å². The minimum atomic E-state index is 0.281. The molecule has 1 saturated heterocycles. The average molecular weight is 250 g/mol. The molecule has 1 N–H and O–H groups in total. The molecule has 1 aliphatic heterocycles. The van der Waals surface area contributed by atoms with Gasteiger partial charge in [0, 0.05) is 31.4 Å². The van der Waals surface area contributed by atoms with E-state index in [4.69, 9.17) is 4.74 Å². The summed E-state index contributed by atoms with van der Waals surface area (Å²) in [6.45, 7) is 6.31. The fourth-order valence-electron chi connectivity index (χ4n) is 2.01. The quantitative estimate of drug-likeness (QED) is 0.882. The van der Waals surface area contributed by atoms with Crippen molar-refractivity contribution >= 4 is 5.95 Å². The van der Waals surface area contributed by atoms with E-state index in [1.807, 2.05) is 6.07 Å². The van der Waals surface area contributed by atoms with Crippen molar-refractivity contribution in [2.45, 2.75) is 38.8 Å². The lowest BCUT2D eigenvalue weighted by atomic mass is 10.1. The van der Waals surface area contributed by atoms with Gasteiger partial charge in [-0.1, -0.05) is 0 Å². The van der Waals surface area contributed by atoms with Crippen molar-refractivity contribution in [3.8, 4) is 5.88 Å². The van der Waals surface area contributed by atoms with Crippen LogP contribution in [0.5, 0.6) is 5.88 Å². The van der Waals surface area contributed by atoms with Gasteiger partial charge in [-0.3, -0.25) is 0 Å². The van der Waals surface area contributed by atoms with Gasteiger partial charge in [-0.2, -0.15) is 4.98 Å². The molecule has 1 aliphatic rings. The molecule has 0 unspecified atom stereocenters. The van der Waals surface area contributed by atoms with E-state index in [9.17, 15) is 0 Å². The minimum absolute atomic E-state index is 0.281. The van der Waals surface area contributed by atoms with Gasteiger partial charge in [0.1, 0.15) is 6.10 Å². The smallest absolute Gasteiger partial charge is 0.226 e. The predicted molar refractivity (Wildman–Crippen MR) is 71.9 cm³/mol. The van der Waals surface area contributed by atoms with E-state index in [2.05, 4.69) is 41.1 Å². The van der Waals surface area contributed by atoms with Crippen molar-refractivity contribution < 1.29 is 4.74 Å². The average Bonchev–Trinajstić information content (AvgIpc) is 2.32. The van der Waals surface area contributed by atoms with Crippen LogP contribution in [0.2, 0.25) is 0 Å². The Morgan fingerprint density at radius 1 is 1.39 bits per heavy atom. The number of aromatic nitrogens is 2. The molecule has 100 valence electrons. The van der Waals surface area contributed by atoms with Gasteiger partial charge in [-0.05, 0) is 33.7 Å². The zero-order valence-electron chi connectivity index (χ0n) is 11.4. The van der Waals surface area contributed by atoms with Gasteiger partial charge in [0.25, 0.3) is 0 Å². The molecule has 1 aromatic heterocycles. The van der Waals surface area contributed by atoms with Gasteiger partial charge in [-0.25, -0.2) is 4.98 Å². The number of ether oxygens (including phenoxy) is 1. The van der Waals surface area contributed by atoms with Crippen LogP contribution in [0, 0.1) is 0 Å². The Bertz CT molecular complexity index is 375. The number of likely N-dealkylation sites (tertiary alicyclic amines) is 1. The molecule has 0 amide bonds. The zero-order valence-corrected chi connectivity index (χ0v) is 11.4. The van der Waals surface area contributed by atoms with Crippen molar-refractivity contribution in [2.75, 3.05) is 25.5 Å². The highest BCUT2D eigenvalue weighted by molar-refractivity contribution is 5.28. The van der Waals surface area contributed by atoms with E-state index in [-0.39, 0.29) is 6.10 Å². The van der Waals surface area contributed by atoms with E-state index in [0.717, 1.165) is 25.9 Å². The summed E-state index contributed by atoms with van der Waals surface area (Å²) in [6, 6.07) is 2.15. The van der Waals surface area contributed by atoms with Gasteiger partial charge >= 0.3 is 0 Å². The molecule has 0 spiro atoms. The highest BCUT2D eigenvalue weighted by Gasteiger charge is 2.18. The van der Waals surface area contributed by atoms with Crippen molar-refractivity contribution in [1.82, 2.24) is 14.9 Å². The Hall–Kier alpha value is -1.36. The van der Waals surface area contributed by atoms with Crippen LogP contribution in [-0.4, -0.2) is 47.2 Å². The molecular weight excluding hydrogens is 228 g/mol. The number of nitrogens with one attached hydrogen (secondary N) is 1. The maximum atomic E-state index is 5.91. The number of hydrogen-bond donors (Lipinski definition) is 1. The molecule has 0 bridgehead atoms. The molecule has 2 rings (SSSR count). The monoisotopic (exact) mass is 250 g/mol. The maximum Gasteiger partial charge on any atom is 0.226 e. The van der Waals surface area contributed by atoms with Crippen LogP contribution in [0.1, 0.15) is 26.7 Å². The lowest BCUT2D eigenvalue weighted by molar-refractivity contribution is 0.110. The lowest BCUT2D eigenvalue weighted by Crippen LogP contribution is -2.35. The van der Waals surface area contributed by atoms with Gasteiger partial charge in [0.2, 0.25) is 11.8 Å². The largest absolute Gasteiger partial charge is 0.474 e. The first-order valence-corrected chi connectivity index (χ1v) is 6.58. The molecule has 1 aromatic rings. The molecule has 0 aliphatic carbocycles. The number of rotatable bonds is 4. The fraction of sp³-hybridized carbons (Fsp3) is 0.692. The first-order chi connectivity index (χ1) is 8.63. The van der Waals surface area contributed by atoms with Gasteiger partial charge in [0.15, 0.2) is 0 Å². The maximum absolute atomic E-state index is 5.91. The van der Waals surface area contributed by atoms with Gasteiger partial charge in [0.05, 0.1) is 0 Å². The second-order valence-corrected chi connectivity index (χ2v) is 5.14. The third-order valence-electron chi connectivity index (χ3n) is 3.00. The zero-order chi connectivity index (χ0) is 13.0. The highest BCUT2D eigenvalue weighted by atomic mass is 16.5. The van der Waals surface area contributed by atoms with E-state index < -0.39 is 0 Å². The van der Waals surface area contributed by atoms with Crippen LogP contribution in [0.4, 0.5) is 5.95 Å². The Morgan fingerprint density at radius 3 is 2.78 bits per heavy atom. The van der Waals surface area contributed by atoms with Crippen molar-refractivity contribution in [1.29, 1.82) is 0 Å². The highest BCUT2D eigenvalue weighted by Crippen LogP contribution is 2.17. The summed E-state index contributed by atoms with van der Waals surface area (Å²) in [7, 11) is 2.14. The molecule has 5 nitrogen and oxygen atoms in total. The third-order valence-corrected chi connectivity index (χ3v) is 3.00. The summed E-state index contributed by atoms with van der Waals surface area (Å²) >= 11 is 0. The molecule has 1 fully saturated rings. The number of piperidine rings is 1. The molecule has 0 atom stereocenters. The van der Waals surface area contributed by atoms with Crippen LogP contribution >= 0.6 is 0 Å². The Balaban J connectivity index is 1.92. The van der Waals surface area contributed by atoms with Gasteiger partial charge < -0.3 is 15.0 Å². The Labute approximate surface area is 109 Å². The second-order valence-electron chi connectivity index (χ2n) is 5.14. The summed E-state index contributed by atoms with van der Waals surface area (Å²) in [5.74, 6) is 1.30. The SMILES string of the molecule is CC(C)Nc1nccc(OC2CCN(C)CC2)n1. The fourth-order valence-corrected chi connectivity index (χ4v) is 2.01. The van der Waals surface area contributed by atoms with Crippen LogP contribution < -0.4 is 10.1 Å². The second kappa shape index (κ2) is 6.00. The van der Waals surface area contributed by atoms with E-state index >= 15 is 0 Å². The van der Waals surface area contributed by atoms with E-state index in [0.29, 0.717) is 17.9 Å². The summed E-state index contributed by atoms with van der Waals surface area (Å²) in [6.07, 6.45) is 4.14. The van der Waals surface area contributed by atoms with Crippen LogP contribution in [0.3, 0.4) is 0 Å². The third kappa shape index (κ3) is 3.84. The first kappa shape index (κ1) is 13.1. The summed E-state index contributed by atoms with van der Waals surface area (Å²) < 4.78 is 5.91.